The Morgan fingerprint density at radius 2 is 1.78 bits per heavy atom. The van der Waals surface area contributed by atoms with E-state index in [0.717, 1.165) is 0 Å². The number of primary sulfonamides is 1. The summed E-state index contributed by atoms with van der Waals surface area (Å²) >= 11 is 0. The first-order valence-electron chi connectivity index (χ1n) is 5.28. The Kier molecular flexibility index (Phi) is 4.85. The van der Waals surface area contributed by atoms with E-state index < -0.39 is 20.0 Å². The summed E-state index contributed by atoms with van der Waals surface area (Å²) in [5, 5.41) is 4.82. The third kappa shape index (κ3) is 4.73. The molecule has 0 unspecified atom stereocenters. The van der Waals surface area contributed by atoms with E-state index >= 15 is 0 Å². The van der Waals surface area contributed by atoms with Crippen molar-refractivity contribution in [3.05, 3.63) is 29.8 Å². The maximum absolute atomic E-state index is 11.9. The van der Waals surface area contributed by atoms with Crippen LogP contribution >= 0.6 is 0 Å². The number of sulfonamides is 2. The molecule has 0 fully saturated rings. The van der Waals surface area contributed by atoms with Crippen LogP contribution in [-0.2, 0) is 20.0 Å². The predicted octanol–water partition coefficient (Wildman–Crippen LogP) is -0.0481. The van der Waals surface area contributed by atoms with E-state index in [4.69, 9.17) is 5.14 Å². The lowest BCUT2D eigenvalue weighted by molar-refractivity contribution is 0.576. The van der Waals surface area contributed by atoms with E-state index in [1.54, 1.807) is 25.1 Å². The topological polar surface area (TPSA) is 106 Å². The SMILES string of the molecule is Cc1ccccc1S(=O)(=O)NCCCS(N)(=O)=O. The van der Waals surface area contributed by atoms with Gasteiger partial charge in [0, 0.05) is 6.54 Å². The lowest BCUT2D eigenvalue weighted by Crippen LogP contribution is -2.28. The summed E-state index contributed by atoms with van der Waals surface area (Å²) in [5.74, 6) is -0.247. The highest BCUT2D eigenvalue weighted by Crippen LogP contribution is 2.13. The quantitative estimate of drug-likeness (QED) is 0.717. The summed E-state index contributed by atoms with van der Waals surface area (Å²) in [7, 11) is -7.14. The smallest absolute Gasteiger partial charge is 0.229 e. The fraction of sp³-hybridized carbons (Fsp3) is 0.400. The maximum Gasteiger partial charge on any atom is 0.240 e. The Morgan fingerprint density at radius 3 is 2.33 bits per heavy atom. The molecule has 3 N–H and O–H groups in total. The Hall–Kier alpha value is -0.960. The van der Waals surface area contributed by atoms with E-state index in [1.165, 1.54) is 6.07 Å². The summed E-state index contributed by atoms with van der Waals surface area (Å²) in [6.45, 7) is 1.73. The number of hydrogen-bond donors (Lipinski definition) is 2. The molecular weight excluding hydrogens is 276 g/mol. The molecule has 102 valence electrons. The zero-order valence-corrected chi connectivity index (χ0v) is 11.6. The van der Waals surface area contributed by atoms with Crippen molar-refractivity contribution in [3.63, 3.8) is 0 Å². The highest BCUT2D eigenvalue weighted by molar-refractivity contribution is 7.89. The largest absolute Gasteiger partial charge is 0.240 e. The molecule has 0 aliphatic carbocycles. The number of rotatable bonds is 6. The molecule has 0 atom stereocenters. The molecule has 0 bridgehead atoms. The van der Waals surface area contributed by atoms with Crippen LogP contribution in [0.15, 0.2) is 29.2 Å². The van der Waals surface area contributed by atoms with Crippen LogP contribution in [0.5, 0.6) is 0 Å². The summed E-state index contributed by atoms with van der Waals surface area (Å²) in [6, 6.07) is 6.57. The molecule has 0 aliphatic rings. The van der Waals surface area contributed by atoms with Crippen molar-refractivity contribution in [2.24, 2.45) is 5.14 Å². The second-order valence-electron chi connectivity index (χ2n) is 3.88. The van der Waals surface area contributed by atoms with Crippen LogP contribution in [0.3, 0.4) is 0 Å². The fourth-order valence-corrected chi connectivity index (χ4v) is 3.28. The van der Waals surface area contributed by atoms with Crippen LogP contribution in [-0.4, -0.2) is 29.1 Å². The van der Waals surface area contributed by atoms with Gasteiger partial charge in [0.05, 0.1) is 10.6 Å². The summed E-state index contributed by atoms with van der Waals surface area (Å²) in [6.07, 6.45) is 0.143. The molecule has 18 heavy (non-hydrogen) atoms. The first-order chi connectivity index (χ1) is 8.22. The second-order valence-corrected chi connectivity index (χ2v) is 7.35. The lowest BCUT2D eigenvalue weighted by atomic mass is 10.2. The van der Waals surface area contributed by atoms with Crippen molar-refractivity contribution in [2.75, 3.05) is 12.3 Å². The minimum Gasteiger partial charge on any atom is -0.229 e. The van der Waals surface area contributed by atoms with Gasteiger partial charge in [-0.3, -0.25) is 0 Å². The highest BCUT2D eigenvalue weighted by atomic mass is 32.2. The van der Waals surface area contributed by atoms with Gasteiger partial charge >= 0.3 is 0 Å². The van der Waals surface area contributed by atoms with Gasteiger partial charge in [0.1, 0.15) is 0 Å². The van der Waals surface area contributed by atoms with Crippen LogP contribution in [0.25, 0.3) is 0 Å². The average molecular weight is 292 g/mol. The molecule has 0 saturated carbocycles. The standard InChI is InChI=1S/C10H16N2O4S2/c1-9-5-2-3-6-10(9)18(15,16)12-7-4-8-17(11,13)14/h2-3,5-6,12H,4,7-8H2,1H3,(H2,11,13,14). The van der Waals surface area contributed by atoms with E-state index in [0.29, 0.717) is 5.56 Å². The lowest BCUT2D eigenvalue weighted by Gasteiger charge is -2.08. The van der Waals surface area contributed by atoms with Gasteiger partial charge in [-0.05, 0) is 25.0 Å². The van der Waals surface area contributed by atoms with Gasteiger partial charge < -0.3 is 0 Å². The molecule has 1 aromatic carbocycles. The third-order valence-electron chi connectivity index (χ3n) is 2.28. The molecule has 0 spiro atoms. The van der Waals surface area contributed by atoms with Gasteiger partial charge in [0.15, 0.2) is 0 Å². The van der Waals surface area contributed by atoms with E-state index in [2.05, 4.69) is 4.72 Å². The molecule has 0 saturated heterocycles. The molecule has 0 heterocycles. The van der Waals surface area contributed by atoms with Crippen LogP contribution in [0.1, 0.15) is 12.0 Å². The van der Waals surface area contributed by atoms with Crippen molar-refractivity contribution in [1.82, 2.24) is 4.72 Å². The van der Waals surface area contributed by atoms with E-state index in [1.807, 2.05) is 0 Å². The Labute approximate surface area is 107 Å². The van der Waals surface area contributed by atoms with Crippen LogP contribution in [0.2, 0.25) is 0 Å². The molecule has 6 nitrogen and oxygen atoms in total. The first-order valence-corrected chi connectivity index (χ1v) is 8.48. The van der Waals surface area contributed by atoms with E-state index in [-0.39, 0.29) is 23.6 Å². The fourth-order valence-electron chi connectivity index (χ4n) is 1.42. The van der Waals surface area contributed by atoms with Gasteiger partial charge in [-0.25, -0.2) is 26.7 Å². The van der Waals surface area contributed by atoms with Gasteiger partial charge in [-0.1, -0.05) is 18.2 Å². The third-order valence-corrected chi connectivity index (χ3v) is 4.76. The summed E-state index contributed by atoms with van der Waals surface area (Å²) in [5.41, 5.74) is 0.636. The van der Waals surface area contributed by atoms with Gasteiger partial charge in [0.2, 0.25) is 20.0 Å². The summed E-state index contributed by atoms with van der Waals surface area (Å²) < 4.78 is 47.5. The number of nitrogens with two attached hydrogens (primary N) is 1. The van der Waals surface area contributed by atoms with Crippen molar-refractivity contribution >= 4 is 20.0 Å². The number of nitrogens with one attached hydrogen (secondary N) is 1. The first kappa shape index (κ1) is 15.1. The minimum atomic E-state index is -3.59. The molecule has 0 aromatic heterocycles. The Bertz CT molecular complexity index is 609. The Balaban J connectivity index is 2.65. The van der Waals surface area contributed by atoms with Gasteiger partial charge in [-0.15, -0.1) is 0 Å². The van der Waals surface area contributed by atoms with Crippen molar-refractivity contribution < 1.29 is 16.8 Å². The Morgan fingerprint density at radius 1 is 1.17 bits per heavy atom. The van der Waals surface area contributed by atoms with Gasteiger partial charge in [0.25, 0.3) is 0 Å². The normalized spacial score (nSPS) is 12.6. The maximum atomic E-state index is 11.9. The summed E-state index contributed by atoms with van der Waals surface area (Å²) in [4.78, 5) is 0.195. The number of hydrogen-bond acceptors (Lipinski definition) is 4. The molecule has 1 rings (SSSR count). The van der Waals surface area contributed by atoms with Crippen molar-refractivity contribution in [1.29, 1.82) is 0 Å². The van der Waals surface area contributed by atoms with Crippen molar-refractivity contribution in [2.45, 2.75) is 18.2 Å². The van der Waals surface area contributed by atoms with Gasteiger partial charge in [-0.2, -0.15) is 0 Å². The zero-order valence-electron chi connectivity index (χ0n) is 9.96. The average Bonchev–Trinajstić information content (AvgIpc) is 2.24. The van der Waals surface area contributed by atoms with Crippen LogP contribution in [0.4, 0.5) is 0 Å². The van der Waals surface area contributed by atoms with E-state index in [9.17, 15) is 16.8 Å². The zero-order chi connectivity index (χ0) is 13.8. The molecule has 1 aromatic rings. The van der Waals surface area contributed by atoms with Crippen molar-refractivity contribution in [3.8, 4) is 0 Å². The van der Waals surface area contributed by atoms with Crippen LogP contribution in [0, 0.1) is 6.92 Å². The monoisotopic (exact) mass is 292 g/mol. The second kappa shape index (κ2) is 5.79. The molecular formula is C10H16N2O4S2. The minimum absolute atomic E-state index is 0.0348. The number of aryl methyl sites for hydroxylation is 1. The molecule has 0 amide bonds. The number of benzene rings is 1. The highest BCUT2D eigenvalue weighted by Gasteiger charge is 2.15. The molecule has 0 aliphatic heterocycles. The predicted molar refractivity (Wildman–Crippen MR) is 69.0 cm³/mol. The molecule has 8 heteroatoms. The van der Waals surface area contributed by atoms with Crippen LogP contribution < -0.4 is 9.86 Å². The molecule has 0 radical (unpaired) electrons.